The fraction of sp³-hybridized carbons (Fsp3) is 0.0714. The summed E-state index contributed by atoms with van der Waals surface area (Å²) in [6.45, 7) is 1.69. The molecule has 0 fully saturated rings. The SMILES string of the molecule is Cc1cccc(Oc2ccc3scnc3c2N)c1F. The quantitative estimate of drug-likeness (QED) is 0.715. The summed E-state index contributed by atoms with van der Waals surface area (Å²) in [6.07, 6.45) is 0. The van der Waals surface area contributed by atoms with Gasteiger partial charge in [0.1, 0.15) is 11.2 Å². The van der Waals surface area contributed by atoms with Crippen molar-refractivity contribution in [2.45, 2.75) is 6.92 Å². The largest absolute Gasteiger partial charge is 0.452 e. The number of halogens is 1. The predicted octanol–water partition coefficient (Wildman–Crippen LogP) is 4.12. The molecule has 3 aromatic rings. The van der Waals surface area contributed by atoms with Gasteiger partial charge < -0.3 is 10.5 Å². The molecule has 0 atom stereocenters. The first-order valence-corrected chi connectivity index (χ1v) is 6.59. The molecule has 0 unspecified atom stereocenters. The monoisotopic (exact) mass is 274 g/mol. The number of nitrogens with zero attached hydrogens (tertiary/aromatic N) is 1. The van der Waals surface area contributed by atoms with Crippen LogP contribution in [0.2, 0.25) is 0 Å². The molecule has 0 spiro atoms. The molecule has 0 radical (unpaired) electrons. The average molecular weight is 274 g/mol. The van der Waals surface area contributed by atoms with Gasteiger partial charge in [0, 0.05) is 0 Å². The summed E-state index contributed by atoms with van der Waals surface area (Å²) >= 11 is 1.50. The standard InChI is InChI=1S/C14H11FN2OS/c1-8-3-2-4-9(12(8)15)18-10-5-6-11-14(13(10)16)17-7-19-11/h2-7H,16H2,1H3. The molecule has 5 heteroatoms. The van der Waals surface area contributed by atoms with Gasteiger partial charge in [-0.25, -0.2) is 9.37 Å². The minimum absolute atomic E-state index is 0.168. The van der Waals surface area contributed by atoms with Crippen molar-refractivity contribution >= 4 is 27.2 Å². The number of hydrogen-bond donors (Lipinski definition) is 1. The Labute approximate surface area is 113 Å². The molecule has 0 saturated heterocycles. The van der Waals surface area contributed by atoms with Crippen LogP contribution < -0.4 is 10.5 Å². The molecule has 3 nitrogen and oxygen atoms in total. The lowest BCUT2D eigenvalue weighted by atomic mass is 10.2. The molecule has 0 aliphatic heterocycles. The highest BCUT2D eigenvalue weighted by atomic mass is 32.1. The van der Waals surface area contributed by atoms with Crippen molar-refractivity contribution in [1.82, 2.24) is 4.98 Å². The lowest BCUT2D eigenvalue weighted by Gasteiger charge is -2.10. The second-order valence-electron chi connectivity index (χ2n) is 4.17. The van der Waals surface area contributed by atoms with E-state index in [9.17, 15) is 4.39 Å². The Morgan fingerprint density at radius 3 is 2.89 bits per heavy atom. The van der Waals surface area contributed by atoms with Crippen LogP contribution in [0.25, 0.3) is 10.2 Å². The Bertz CT molecular complexity index is 754. The number of rotatable bonds is 2. The summed E-state index contributed by atoms with van der Waals surface area (Å²) in [5.74, 6) is 0.212. The minimum Gasteiger partial charge on any atom is -0.452 e. The number of hydrogen-bond acceptors (Lipinski definition) is 4. The first kappa shape index (κ1) is 11.9. The number of ether oxygens (including phenoxy) is 1. The number of nitrogen functional groups attached to an aromatic ring is 1. The van der Waals surface area contributed by atoms with Gasteiger partial charge in [-0.1, -0.05) is 12.1 Å². The number of thiazole rings is 1. The first-order chi connectivity index (χ1) is 9.16. The highest BCUT2D eigenvalue weighted by molar-refractivity contribution is 7.16. The van der Waals surface area contributed by atoms with Gasteiger partial charge in [0.05, 0.1) is 10.2 Å². The van der Waals surface area contributed by atoms with Crippen LogP contribution in [-0.4, -0.2) is 4.98 Å². The number of aromatic nitrogens is 1. The molecular weight excluding hydrogens is 263 g/mol. The van der Waals surface area contributed by atoms with Crippen LogP contribution in [-0.2, 0) is 0 Å². The Morgan fingerprint density at radius 2 is 2.05 bits per heavy atom. The van der Waals surface area contributed by atoms with E-state index in [2.05, 4.69) is 4.98 Å². The van der Waals surface area contributed by atoms with Crippen LogP contribution in [0.1, 0.15) is 5.56 Å². The van der Waals surface area contributed by atoms with E-state index in [0.717, 1.165) is 4.70 Å². The lowest BCUT2D eigenvalue weighted by molar-refractivity contribution is 0.442. The summed E-state index contributed by atoms with van der Waals surface area (Å²) in [6, 6.07) is 8.61. The maximum atomic E-state index is 13.9. The van der Waals surface area contributed by atoms with E-state index in [4.69, 9.17) is 10.5 Å². The van der Waals surface area contributed by atoms with Crippen molar-refractivity contribution < 1.29 is 9.13 Å². The number of aryl methyl sites for hydroxylation is 1. The van der Waals surface area contributed by atoms with Crippen molar-refractivity contribution in [2.75, 3.05) is 5.73 Å². The summed E-state index contributed by atoms with van der Waals surface area (Å²) in [5.41, 5.74) is 9.37. The fourth-order valence-electron chi connectivity index (χ4n) is 1.84. The summed E-state index contributed by atoms with van der Waals surface area (Å²) in [5, 5.41) is 0. The van der Waals surface area contributed by atoms with Gasteiger partial charge in [0.15, 0.2) is 17.3 Å². The summed E-state index contributed by atoms with van der Waals surface area (Å²) in [7, 11) is 0. The van der Waals surface area contributed by atoms with Crippen molar-refractivity contribution in [3.63, 3.8) is 0 Å². The van der Waals surface area contributed by atoms with Gasteiger partial charge in [-0.3, -0.25) is 0 Å². The fourth-order valence-corrected chi connectivity index (χ4v) is 2.53. The zero-order valence-corrected chi connectivity index (χ0v) is 11.0. The van der Waals surface area contributed by atoms with Crippen LogP contribution in [0.4, 0.5) is 10.1 Å². The van der Waals surface area contributed by atoms with Crippen LogP contribution in [0.5, 0.6) is 11.5 Å². The molecular formula is C14H11FN2OS. The number of benzene rings is 2. The van der Waals surface area contributed by atoms with Gasteiger partial charge in [-0.15, -0.1) is 11.3 Å². The van der Waals surface area contributed by atoms with E-state index in [1.165, 1.54) is 11.3 Å². The Hall–Kier alpha value is -2.14. The molecule has 0 amide bonds. The minimum atomic E-state index is -0.375. The third-order valence-electron chi connectivity index (χ3n) is 2.88. The van der Waals surface area contributed by atoms with Crippen molar-refractivity contribution in [2.24, 2.45) is 0 Å². The normalized spacial score (nSPS) is 10.8. The molecule has 2 aromatic carbocycles. The summed E-state index contributed by atoms with van der Waals surface area (Å²) < 4.78 is 20.4. The van der Waals surface area contributed by atoms with Crippen molar-refractivity contribution in [1.29, 1.82) is 0 Å². The third-order valence-corrected chi connectivity index (χ3v) is 3.67. The van der Waals surface area contributed by atoms with Gasteiger partial charge in [-0.05, 0) is 30.7 Å². The molecule has 19 heavy (non-hydrogen) atoms. The van der Waals surface area contributed by atoms with E-state index >= 15 is 0 Å². The van der Waals surface area contributed by atoms with Crippen LogP contribution in [0.15, 0.2) is 35.8 Å². The maximum Gasteiger partial charge on any atom is 0.168 e. The molecule has 0 saturated carbocycles. The second-order valence-corrected chi connectivity index (χ2v) is 5.05. The van der Waals surface area contributed by atoms with Crippen LogP contribution in [0, 0.1) is 12.7 Å². The van der Waals surface area contributed by atoms with Crippen LogP contribution in [0.3, 0.4) is 0 Å². The van der Waals surface area contributed by atoms with Crippen molar-refractivity contribution in [3.05, 3.63) is 47.2 Å². The first-order valence-electron chi connectivity index (χ1n) is 5.71. The Kier molecular flexibility index (Phi) is 2.83. The molecule has 2 N–H and O–H groups in total. The average Bonchev–Trinajstić information content (AvgIpc) is 2.87. The summed E-state index contributed by atoms with van der Waals surface area (Å²) in [4.78, 5) is 4.18. The molecule has 0 aliphatic rings. The highest BCUT2D eigenvalue weighted by Crippen LogP contribution is 2.35. The van der Waals surface area contributed by atoms with E-state index in [1.54, 1.807) is 36.7 Å². The molecule has 0 bridgehead atoms. The zero-order chi connectivity index (χ0) is 13.4. The van der Waals surface area contributed by atoms with Gasteiger partial charge in [0.2, 0.25) is 0 Å². The molecule has 1 aromatic heterocycles. The molecule has 1 heterocycles. The van der Waals surface area contributed by atoms with Gasteiger partial charge in [-0.2, -0.15) is 0 Å². The van der Waals surface area contributed by atoms with E-state index in [1.807, 2.05) is 6.07 Å². The van der Waals surface area contributed by atoms with Crippen molar-refractivity contribution in [3.8, 4) is 11.5 Å². The molecule has 96 valence electrons. The lowest BCUT2D eigenvalue weighted by Crippen LogP contribution is -1.95. The topological polar surface area (TPSA) is 48.1 Å². The molecule has 0 aliphatic carbocycles. The zero-order valence-electron chi connectivity index (χ0n) is 10.2. The Morgan fingerprint density at radius 1 is 1.21 bits per heavy atom. The van der Waals surface area contributed by atoms with Crippen LogP contribution >= 0.6 is 11.3 Å². The Balaban J connectivity index is 2.05. The predicted molar refractivity (Wildman–Crippen MR) is 75.2 cm³/mol. The number of nitrogens with two attached hydrogens (primary N) is 1. The third kappa shape index (κ3) is 2.02. The van der Waals surface area contributed by atoms with Gasteiger partial charge >= 0.3 is 0 Å². The smallest absolute Gasteiger partial charge is 0.168 e. The van der Waals surface area contributed by atoms with Gasteiger partial charge in [0.25, 0.3) is 0 Å². The molecule has 3 rings (SSSR count). The van der Waals surface area contributed by atoms with E-state index < -0.39 is 0 Å². The highest BCUT2D eigenvalue weighted by Gasteiger charge is 2.12. The van der Waals surface area contributed by atoms with E-state index in [0.29, 0.717) is 22.5 Å². The van der Waals surface area contributed by atoms with E-state index in [-0.39, 0.29) is 11.6 Å². The number of anilines is 1. The maximum absolute atomic E-state index is 13.9. The number of fused-ring (bicyclic) bond motifs is 1. The second kappa shape index (κ2) is 4.51.